The van der Waals surface area contributed by atoms with Gasteiger partial charge in [-0.25, -0.2) is 0 Å². The first-order valence-electron chi connectivity index (χ1n) is 8.29. The molecule has 3 aromatic rings. The average Bonchev–Trinajstić information content (AvgIpc) is 3.19. The zero-order chi connectivity index (χ0) is 17.8. The number of rotatable bonds is 4. The van der Waals surface area contributed by atoms with Gasteiger partial charge in [-0.2, -0.15) is 0 Å². The van der Waals surface area contributed by atoms with E-state index in [0.29, 0.717) is 17.9 Å². The van der Waals surface area contributed by atoms with Crippen molar-refractivity contribution in [2.45, 2.75) is 0 Å². The lowest BCUT2D eigenvalue weighted by molar-refractivity contribution is 0.102. The number of carbonyl (C=O) groups is 1. The van der Waals surface area contributed by atoms with Crippen molar-refractivity contribution in [3.05, 3.63) is 96.1 Å². The first-order valence-corrected chi connectivity index (χ1v) is 8.29. The lowest BCUT2D eigenvalue weighted by Gasteiger charge is -2.10. The molecule has 1 aromatic carbocycles. The highest BCUT2D eigenvalue weighted by Crippen LogP contribution is 2.25. The van der Waals surface area contributed by atoms with E-state index in [4.69, 9.17) is 0 Å². The summed E-state index contributed by atoms with van der Waals surface area (Å²) in [7, 11) is 0. The van der Waals surface area contributed by atoms with Gasteiger partial charge < -0.3 is 5.32 Å². The van der Waals surface area contributed by atoms with Crippen LogP contribution in [0, 0.1) is 0 Å². The number of pyridine rings is 2. The highest BCUT2D eigenvalue weighted by Gasteiger charge is 2.16. The number of anilines is 1. The van der Waals surface area contributed by atoms with Crippen LogP contribution in [0.25, 0.3) is 5.57 Å². The highest BCUT2D eigenvalue weighted by atomic mass is 16.1. The predicted molar refractivity (Wildman–Crippen MR) is 102 cm³/mol. The maximum Gasteiger partial charge on any atom is 0.274 e. The molecule has 0 fully saturated rings. The second-order valence-corrected chi connectivity index (χ2v) is 5.79. The molecule has 5 nitrogen and oxygen atoms in total. The van der Waals surface area contributed by atoms with Gasteiger partial charge in [0.15, 0.2) is 0 Å². The van der Waals surface area contributed by atoms with E-state index in [1.165, 1.54) is 0 Å². The number of carbonyl (C=O) groups excluding carboxylic acids is 1. The summed E-state index contributed by atoms with van der Waals surface area (Å²) in [6.07, 6.45) is 7.25. The standard InChI is InChI=1S/C21H16N4O/c26-21(19-6-1-2-10-23-19)25-17-5-3-4-16(14-17)20-18(9-13-24-20)15-7-11-22-12-8-15/h1-12,14H,13H2,(H,25,26). The number of nitrogens with one attached hydrogen (secondary N) is 1. The van der Waals surface area contributed by atoms with Gasteiger partial charge in [0.05, 0.1) is 12.3 Å². The number of aromatic nitrogens is 2. The molecule has 2 aromatic heterocycles. The van der Waals surface area contributed by atoms with Crippen molar-refractivity contribution in [3.8, 4) is 0 Å². The van der Waals surface area contributed by atoms with Gasteiger partial charge in [-0.1, -0.05) is 24.3 Å². The molecule has 0 unspecified atom stereocenters. The van der Waals surface area contributed by atoms with Gasteiger partial charge in [-0.3, -0.25) is 19.8 Å². The first-order chi connectivity index (χ1) is 12.8. The van der Waals surface area contributed by atoms with Crippen molar-refractivity contribution in [2.75, 3.05) is 11.9 Å². The van der Waals surface area contributed by atoms with Gasteiger partial charge in [-0.05, 0) is 42.0 Å². The molecule has 0 bridgehead atoms. The lowest BCUT2D eigenvalue weighted by Crippen LogP contribution is -2.13. The number of hydrogen-bond acceptors (Lipinski definition) is 4. The van der Waals surface area contributed by atoms with Gasteiger partial charge in [0, 0.05) is 35.4 Å². The van der Waals surface area contributed by atoms with E-state index >= 15 is 0 Å². The minimum Gasteiger partial charge on any atom is -0.321 e. The first kappa shape index (κ1) is 15.9. The summed E-state index contributed by atoms with van der Waals surface area (Å²) < 4.78 is 0. The van der Waals surface area contributed by atoms with E-state index in [0.717, 1.165) is 22.4 Å². The molecule has 126 valence electrons. The molecule has 1 aliphatic rings. The van der Waals surface area contributed by atoms with Gasteiger partial charge >= 0.3 is 0 Å². The molecule has 4 rings (SSSR count). The third-order valence-corrected chi connectivity index (χ3v) is 4.08. The van der Waals surface area contributed by atoms with E-state index in [1.54, 1.807) is 36.8 Å². The Morgan fingerprint density at radius 1 is 0.923 bits per heavy atom. The molecule has 26 heavy (non-hydrogen) atoms. The van der Waals surface area contributed by atoms with Crippen LogP contribution in [-0.4, -0.2) is 28.1 Å². The summed E-state index contributed by atoms with van der Waals surface area (Å²) in [4.78, 5) is 25.1. The van der Waals surface area contributed by atoms with Crippen LogP contribution in [0.3, 0.4) is 0 Å². The Bertz CT molecular complexity index is 995. The van der Waals surface area contributed by atoms with Crippen molar-refractivity contribution in [2.24, 2.45) is 4.99 Å². The maximum atomic E-state index is 12.3. The second-order valence-electron chi connectivity index (χ2n) is 5.79. The van der Waals surface area contributed by atoms with Crippen molar-refractivity contribution < 1.29 is 4.79 Å². The Labute approximate surface area is 151 Å². The van der Waals surface area contributed by atoms with E-state index in [2.05, 4.69) is 26.4 Å². The van der Waals surface area contributed by atoms with Gasteiger partial charge in [-0.15, -0.1) is 0 Å². The molecule has 0 saturated heterocycles. The van der Waals surface area contributed by atoms with Crippen LogP contribution in [-0.2, 0) is 0 Å². The highest BCUT2D eigenvalue weighted by molar-refractivity contribution is 6.33. The van der Waals surface area contributed by atoms with Gasteiger partial charge in [0.25, 0.3) is 5.91 Å². The predicted octanol–water partition coefficient (Wildman–Crippen LogP) is 3.62. The molecule has 0 radical (unpaired) electrons. The average molecular weight is 340 g/mol. The number of hydrogen-bond donors (Lipinski definition) is 1. The summed E-state index contributed by atoms with van der Waals surface area (Å²) in [6.45, 7) is 0.650. The Balaban J connectivity index is 1.58. The summed E-state index contributed by atoms with van der Waals surface area (Å²) in [5.74, 6) is -0.235. The lowest BCUT2D eigenvalue weighted by atomic mass is 9.97. The quantitative estimate of drug-likeness (QED) is 0.789. The summed E-state index contributed by atoms with van der Waals surface area (Å²) in [5, 5.41) is 2.89. The third-order valence-electron chi connectivity index (χ3n) is 4.08. The fraction of sp³-hybridized carbons (Fsp3) is 0.0476. The number of amides is 1. The Morgan fingerprint density at radius 3 is 2.62 bits per heavy atom. The molecule has 3 heterocycles. The Morgan fingerprint density at radius 2 is 1.81 bits per heavy atom. The van der Waals surface area contributed by atoms with Crippen molar-refractivity contribution in [1.82, 2.24) is 9.97 Å². The molecular formula is C21H16N4O. The molecule has 1 amide bonds. The van der Waals surface area contributed by atoms with Crippen LogP contribution in [0.2, 0.25) is 0 Å². The Kier molecular flexibility index (Phi) is 4.35. The number of aliphatic imine (C=N–C) groups is 1. The zero-order valence-electron chi connectivity index (χ0n) is 14.0. The molecule has 1 N–H and O–H groups in total. The largest absolute Gasteiger partial charge is 0.321 e. The third kappa shape index (κ3) is 3.28. The molecule has 1 aliphatic heterocycles. The van der Waals surface area contributed by atoms with E-state index in [-0.39, 0.29) is 5.91 Å². The molecule has 0 atom stereocenters. The monoisotopic (exact) mass is 340 g/mol. The van der Waals surface area contributed by atoms with Crippen molar-refractivity contribution in [1.29, 1.82) is 0 Å². The SMILES string of the molecule is O=C(Nc1cccc(C2=NCC=C2c2ccncc2)c1)c1ccccn1. The van der Waals surface area contributed by atoms with Crippen LogP contribution in [0.15, 0.2) is 84.3 Å². The normalized spacial score (nSPS) is 13.1. The van der Waals surface area contributed by atoms with E-state index in [9.17, 15) is 4.79 Å². The van der Waals surface area contributed by atoms with Crippen molar-refractivity contribution >= 4 is 22.9 Å². The van der Waals surface area contributed by atoms with Crippen LogP contribution in [0.4, 0.5) is 5.69 Å². The molecular weight excluding hydrogens is 324 g/mol. The molecule has 0 aliphatic carbocycles. The minimum atomic E-state index is -0.235. The van der Waals surface area contributed by atoms with Crippen LogP contribution in [0.1, 0.15) is 21.6 Å². The zero-order valence-corrected chi connectivity index (χ0v) is 14.0. The smallest absolute Gasteiger partial charge is 0.274 e. The van der Waals surface area contributed by atoms with Gasteiger partial charge in [0.2, 0.25) is 0 Å². The summed E-state index contributed by atoms with van der Waals surface area (Å²) >= 11 is 0. The summed E-state index contributed by atoms with van der Waals surface area (Å²) in [5.41, 5.74) is 5.14. The topological polar surface area (TPSA) is 67.2 Å². The van der Waals surface area contributed by atoms with Crippen LogP contribution in [0.5, 0.6) is 0 Å². The second kappa shape index (κ2) is 7.11. The number of benzene rings is 1. The van der Waals surface area contributed by atoms with Crippen molar-refractivity contribution in [3.63, 3.8) is 0 Å². The number of nitrogens with zero attached hydrogens (tertiary/aromatic N) is 3. The number of allylic oxidation sites excluding steroid dienone is 1. The summed E-state index contributed by atoms with van der Waals surface area (Å²) in [6, 6.07) is 16.9. The van der Waals surface area contributed by atoms with Gasteiger partial charge in [0.1, 0.15) is 5.69 Å². The fourth-order valence-corrected chi connectivity index (χ4v) is 2.88. The molecule has 0 spiro atoms. The maximum absolute atomic E-state index is 12.3. The fourth-order valence-electron chi connectivity index (χ4n) is 2.88. The van der Waals surface area contributed by atoms with Crippen LogP contribution < -0.4 is 5.32 Å². The molecule has 5 heteroatoms. The Hall–Kier alpha value is -3.60. The van der Waals surface area contributed by atoms with Crippen LogP contribution >= 0.6 is 0 Å². The van der Waals surface area contributed by atoms with E-state index in [1.807, 2.05) is 36.4 Å². The van der Waals surface area contributed by atoms with E-state index < -0.39 is 0 Å². The molecule has 0 saturated carbocycles. The minimum absolute atomic E-state index is 0.235.